The number of rotatable bonds is 7. The predicted octanol–water partition coefficient (Wildman–Crippen LogP) is 2.25. The van der Waals surface area contributed by atoms with Crippen molar-refractivity contribution in [2.45, 2.75) is 33.4 Å². The van der Waals surface area contributed by atoms with E-state index in [1.165, 1.54) is 5.69 Å². The monoisotopic (exact) mass is 484 g/mol. The molecule has 0 bridgehead atoms. The number of halogens is 1. The smallest absolute Gasteiger partial charge is 0.216 e. The molecule has 3 N–H and O–H groups in total. The molecule has 0 aliphatic carbocycles. The number of H-pyrrole nitrogens is 1. The number of guanidine groups is 1. The van der Waals surface area contributed by atoms with E-state index in [0.29, 0.717) is 29.9 Å². The topological polar surface area (TPSA) is 109 Å². The summed E-state index contributed by atoms with van der Waals surface area (Å²) in [5.74, 6) is 2.61. The van der Waals surface area contributed by atoms with Crippen LogP contribution in [0.5, 0.6) is 0 Å². The number of aromatic amines is 1. The van der Waals surface area contributed by atoms with Gasteiger partial charge in [0.1, 0.15) is 5.82 Å². The van der Waals surface area contributed by atoms with Crippen molar-refractivity contribution < 1.29 is 4.42 Å². The molecule has 0 atom stereocenters. The minimum atomic E-state index is 0. The summed E-state index contributed by atoms with van der Waals surface area (Å²) in [6.45, 7) is 6.24. The van der Waals surface area contributed by atoms with Gasteiger partial charge in [-0.05, 0) is 38.5 Å². The number of nitrogens with one attached hydrogen (secondary N) is 3. The lowest BCUT2D eigenvalue weighted by Gasteiger charge is -2.11. The van der Waals surface area contributed by atoms with Gasteiger partial charge in [-0.25, -0.2) is 4.98 Å². The van der Waals surface area contributed by atoms with Crippen LogP contribution >= 0.6 is 24.0 Å². The number of hydrogen-bond donors (Lipinski definition) is 3. The van der Waals surface area contributed by atoms with E-state index in [4.69, 9.17) is 4.42 Å². The lowest BCUT2D eigenvalue weighted by molar-refractivity contribution is 0.555. The predicted molar refractivity (Wildman–Crippen MR) is 114 cm³/mol. The second-order valence-corrected chi connectivity index (χ2v) is 5.94. The summed E-state index contributed by atoms with van der Waals surface area (Å²) >= 11 is 0. The fraction of sp³-hybridized carbons (Fsp3) is 0.412. The Morgan fingerprint density at radius 2 is 2.19 bits per heavy atom. The van der Waals surface area contributed by atoms with Gasteiger partial charge in [0.25, 0.3) is 0 Å². The molecule has 27 heavy (non-hydrogen) atoms. The first kappa shape index (κ1) is 20.9. The molecule has 10 heteroatoms. The molecule has 3 aromatic rings. The van der Waals surface area contributed by atoms with E-state index in [0.717, 1.165) is 25.2 Å². The average molecular weight is 484 g/mol. The van der Waals surface area contributed by atoms with Gasteiger partial charge in [-0.3, -0.25) is 14.8 Å². The van der Waals surface area contributed by atoms with Crippen molar-refractivity contribution in [3.63, 3.8) is 0 Å². The lowest BCUT2D eigenvalue weighted by atomic mass is 10.4. The third-order valence-corrected chi connectivity index (χ3v) is 3.86. The summed E-state index contributed by atoms with van der Waals surface area (Å²) in [6, 6.07) is 5.72. The van der Waals surface area contributed by atoms with E-state index in [9.17, 15) is 0 Å². The fourth-order valence-electron chi connectivity index (χ4n) is 2.62. The molecule has 0 spiro atoms. The van der Waals surface area contributed by atoms with Crippen LogP contribution in [0.3, 0.4) is 0 Å². The molecule has 0 saturated carbocycles. The standard InChI is InChI=1S/C17H24N8O.HI/c1-12-10-13(2)25(24-12)8-5-7-19-17(18-3)20-11-15-21-16(23-22-15)14-6-4-9-26-14;/h4,6,9-10H,5,7-8,11H2,1-3H3,(H2,18,19,20)(H,21,22,23);1H. The summed E-state index contributed by atoms with van der Waals surface area (Å²) < 4.78 is 7.31. The molecule has 0 aromatic carbocycles. The summed E-state index contributed by atoms with van der Waals surface area (Å²) in [7, 11) is 1.74. The SMILES string of the molecule is CN=C(NCCCn1nc(C)cc1C)NCc1nc(-c2ccco2)n[nH]1.I. The van der Waals surface area contributed by atoms with Gasteiger partial charge >= 0.3 is 0 Å². The molecule has 3 aromatic heterocycles. The van der Waals surface area contributed by atoms with Crippen LogP contribution in [0.4, 0.5) is 0 Å². The van der Waals surface area contributed by atoms with Gasteiger partial charge < -0.3 is 15.1 Å². The Morgan fingerprint density at radius 1 is 1.33 bits per heavy atom. The maximum atomic E-state index is 5.28. The maximum absolute atomic E-state index is 5.28. The minimum absolute atomic E-state index is 0. The quantitative estimate of drug-likeness (QED) is 0.206. The van der Waals surface area contributed by atoms with Gasteiger partial charge in [-0.15, -0.1) is 29.1 Å². The highest BCUT2D eigenvalue weighted by Crippen LogP contribution is 2.14. The number of hydrogen-bond acceptors (Lipinski definition) is 5. The Bertz CT molecular complexity index is 852. The zero-order valence-corrected chi connectivity index (χ0v) is 18.0. The van der Waals surface area contributed by atoms with Crippen molar-refractivity contribution in [2.24, 2.45) is 4.99 Å². The lowest BCUT2D eigenvalue weighted by Crippen LogP contribution is -2.37. The van der Waals surface area contributed by atoms with Crippen molar-refractivity contribution in [1.82, 2.24) is 35.6 Å². The largest absolute Gasteiger partial charge is 0.461 e. The third-order valence-electron chi connectivity index (χ3n) is 3.86. The molecule has 0 unspecified atom stereocenters. The van der Waals surface area contributed by atoms with Gasteiger partial charge in [-0.2, -0.15) is 5.10 Å². The Hall–Kier alpha value is -2.37. The van der Waals surface area contributed by atoms with Crippen LogP contribution in [0.2, 0.25) is 0 Å². The van der Waals surface area contributed by atoms with Crippen LogP contribution in [0, 0.1) is 13.8 Å². The normalized spacial score (nSPS) is 11.3. The highest BCUT2D eigenvalue weighted by molar-refractivity contribution is 14.0. The molecule has 9 nitrogen and oxygen atoms in total. The van der Waals surface area contributed by atoms with Crippen LogP contribution < -0.4 is 10.6 Å². The van der Waals surface area contributed by atoms with Gasteiger partial charge in [-0.1, -0.05) is 0 Å². The molecule has 0 aliphatic rings. The van der Waals surface area contributed by atoms with E-state index in [-0.39, 0.29) is 24.0 Å². The second-order valence-electron chi connectivity index (χ2n) is 5.94. The Balaban J connectivity index is 0.00000261. The van der Waals surface area contributed by atoms with Crippen LogP contribution in [0.15, 0.2) is 33.9 Å². The first-order chi connectivity index (χ1) is 12.7. The molecule has 3 rings (SSSR count). The van der Waals surface area contributed by atoms with Gasteiger partial charge in [0, 0.05) is 25.8 Å². The highest BCUT2D eigenvalue weighted by atomic mass is 127. The average Bonchev–Trinajstić information content (AvgIpc) is 3.35. The van der Waals surface area contributed by atoms with Crippen molar-refractivity contribution >= 4 is 29.9 Å². The number of nitrogens with zero attached hydrogens (tertiary/aromatic N) is 5. The Morgan fingerprint density at radius 3 is 2.85 bits per heavy atom. The molecular formula is C17H25IN8O. The van der Waals surface area contributed by atoms with Crippen LogP contribution in [-0.4, -0.2) is 44.5 Å². The second kappa shape index (κ2) is 10.1. The summed E-state index contributed by atoms with van der Waals surface area (Å²) in [4.78, 5) is 8.61. The zero-order valence-electron chi connectivity index (χ0n) is 15.7. The van der Waals surface area contributed by atoms with Gasteiger partial charge in [0.05, 0.1) is 18.5 Å². The molecule has 0 fully saturated rings. The van der Waals surface area contributed by atoms with Crippen LogP contribution in [0.25, 0.3) is 11.6 Å². The van der Waals surface area contributed by atoms with Gasteiger partial charge in [0.2, 0.25) is 5.82 Å². The van der Waals surface area contributed by atoms with Crippen LogP contribution in [-0.2, 0) is 13.1 Å². The first-order valence-corrected chi connectivity index (χ1v) is 8.56. The van der Waals surface area contributed by atoms with Crippen molar-refractivity contribution in [3.8, 4) is 11.6 Å². The zero-order chi connectivity index (χ0) is 18.4. The third kappa shape index (κ3) is 5.81. The number of aliphatic imine (C=N–C) groups is 1. The summed E-state index contributed by atoms with van der Waals surface area (Å²) in [5, 5.41) is 18.0. The summed E-state index contributed by atoms with van der Waals surface area (Å²) in [6.07, 6.45) is 2.55. The molecular weight excluding hydrogens is 459 g/mol. The Labute approximate surface area is 175 Å². The van der Waals surface area contributed by atoms with Crippen molar-refractivity contribution in [3.05, 3.63) is 41.7 Å². The van der Waals surface area contributed by atoms with Crippen molar-refractivity contribution in [2.75, 3.05) is 13.6 Å². The first-order valence-electron chi connectivity index (χ1n) is 8.56. The fourth-order valence-corrected chi connectivity index (χ4v) is 2.62. The highest BCUT2D eigenvalue weighted by Gasteiger charge is 2.08. The minimum Gasteiger partial charge on any atom is -0.461 e. The molecule has 0 amide bonds. The summed E-state index contributed by atoms with van der Waals surface area (Å²) in [5.41, 5.74) is 2.23. The number of furan rings is 1. The van der Waals surface area contributed by atoms with Gasteiger partial charge in [0.15, 0.2) is 11.7 Å². The molecule has 3 heterocycles. The van der Waals surface area contributed by atoms with E-state index >= 15 is 0 Å². The molecule has 0 saturated heterocycles. The Kier molecular flexibility index (Phi) is 7.82. The van der Waals surface area contributed by atoms with Crippen LogP contribution in [0.1, 0.15) is 23.6 Å². The van der Waals surface area contributed by atoms with E-state index < -0.39 is 0 Å². The van der Waals surface area contributed by atoms with E-state index in [1.807, 2.05) is 17.7 Å². The molecule has 0 radical (unpaired) electrons. The number of aryl methyl sites for hydroxylation is 3. The molecule has 0 aliphatic heterocycles. The molecule has 146 valence electrons. The maximum Gasteiger partial charge on any atom is 0.216 e. The van der Waals surface area contributed by atoms with E-state index in [2.05, 4.69) is 48.9 Å². The van der Waals surface area contributed by atoms with Crippen molar-refractivity contribution in [1.29, 1.82) is 0 Å². The number of aromatic nitrogens is 5. The van der Waals surface area contributed by atoms with E-state index in [1.54, 1.807) is 19.4 Å².